The van der Waals surface area contributed by atoms with Crippen LogP contribution in [-0.4, -0.2) is 83.1 Å². The van der Waals surface area contributed by atoms with Crippen molar-refractivity contribution in [3.05, 3.63) is 42.5 Å². The number of carbonyl (C=O) groups excluding carboxylic acids is 1. The van der Waals surface area contributed by atoms with Crippen LogP contribution in [0.15, 0.2) is 47.4 Å². The molecule has 1 saturated heterocycles. The minimum Gasteiger partial charge on any atom is -0.497 e. The maximum absolute atomic E-state index is 13.4. The van der Waals surface area contributed by atoms with Crippen LogP contribution in [0.5, 0.6) is 11.5 Å². The van der Waals surface area contributed by atoms with Crippen LogP contribution in [0.4, 0.5) is 5.13 Å². The van der Waals surface area contributed by atoms with Crippen LogP contribution in [0.1, 0.15) is 19.8 Å². The molecule has 2 heterocycles. The van der Waals surface area contributed by atoms with E-state index in [0.29, 0.717) is 37.2 Å². The summed E-state index contributed by atoms with van der Waals surface area (Å²) < 4.78 is 42.8. The zero-order valence-corrected chi connectivity index (χ0v) is 22.9. The minimum atomic E-state index is -3.63. The van der Waals surface area contributed by atoms with Gasteiger partial charge in [-0.2, -0.15) is 0 Å². The molecule has 0 unspecified atom stereocenters. The first-order chi connectivity index (χ1) is 17.9. The second kappa shape index (κ2) is 12.7. The summed E-state index contributed by atoms with van der Waals surface area (Å²) in [4.78, 5) is 22.2. The lowest BCUT2D eigenvalue weighted by atomic mass is 10.3. The predicted molar refractivity (Wildman–Crippen MR) is 145 cm³/mol. The molecule has 37 heavy (non-hydrogen) atoms. The number of sulfone groups is 1. The number of fused-ring (bicyclic) bond motifs is 1. The van der Waals surface area contributed by atoms with E-state index in [-0.39, 0.29) is 23.0 Å². The second-order valence-corrected chi connectivity index (χ2v) is 11.8. The summed E-state index contributed by atoms with van der Waals surface area (Å²) >= 11 is 1.41. The summed E-state index contributed by atoms with van der Waals surface area (Å²) in [5.74, 6) is 0.784. The summed E-state index contributed by atoms with van der Waals surface area (Å²) in [6, 6.07) is 11.9. The lowest BCUT2D eigenvalue weighted by Gasteiger charge is -2.27. The standard InChI is InChI=1S/C26H33N3O6S2/c1-3-35-21-7-10-23-24(19-21)36-26(27-23)29(13-4-12-28-14-16-34-17-15-28)25(30)11-18-37(31,32)22-8-5-20(33-2)6-9-22/h5-10,19H,3-4,11-18H2,1-2H3. The molecule has 1 aliphatic heterocycles. The van der Waals surface area contributed by atoms with E-state index in [1.165, 1.54) is 30.6 Å². The summed E-state index contributed by atoms with van der Waals surface area (Å²) in [6.07, 6.45) is 0.614. The van der Waals surface area contributed by atoms with Crippen LogP contribution in [0.3, 0.4) is 0 Å². The molecular weight excluding hydrogens is 514 g/mol. The normalized spacial score (nSPS) is 14.5. The fraction of sp³-hybridized carbons (Fsp3) is 0.462. The molecule has 1 fully saturated rings. The molecule has 9 nitrogen and oxygen atoms in total. The van der Waals surface area contributed by atoms with E-state index < -0.39 is 9.84 Å². The minimum absolute atomic E-state index is 0.133. The molecule has 0 aliphatic carbocycles. The van der Waals surface area contributed by atoms with Crippen molar-refractivity contribution in [2.45, 2.75) is 24.7 Å². The van der Waals surface area contributed by atoms with Gasteiger partial charge >= 0.3 is 0 Å². The van der Waals surface area contributed by atoms with Crippen molar-refractivity contribution in [2.24, 2.45) is 0 Å². The number of morpholine rings is 1. The van der Waals surface area contributed by atoms with Gasteiger partial charge in [-0.15, -0.1) is 0 Å². The Bertz CT molecular complexity index is 1290. The highest BCUT2D eigenvalue weighted by molar-refractivity contribution is 7.91. The lowest BCUT2D eigenvalue weighted by Crippen LogP contribution is -2.39. The molecule has 1 aliphatic rings. The lowest BCUT2D eigenvalue weighted by molar-refractivity contribution is -0.118. The van der Waals surface area contributed by atoms with E-state index in [1.54, 1.807) is 17.0 Å². The molecule has 11 heteroatoms. The fourth-order valence-corrected chi connectivity index (χ4v) is 6.39. The maximum atomic E-state index is 13.4. The Hall–Kier alpha value is -2.73. The molecule has 0 spiro atoms. The van der Waals surface area contributed by atoms with E-state index in [0.717, 1.165) is 42.0 Å². The predicted octanol–water partition coefficient (Wildman–Crippen LogP) is 3.62. The molecule has 2 aromatic carbocycles. The third kappa shape index (κ3) is 7.19. The van der Waals surface area contributed by atoms with Gasteiger partial charge < -0.3 is 14.2 Å². The van der Waals surface area contributed by atoms with Gasteiger partial charge in [-0.1, -0.05) is 11.3 Å². The smallest absolute Gasteiger partial charge is 0.229 e. The van der Waals surface area contributed by atoms with Crippen molar-refractivity contribution in [3.63, 3.8) is 0 Å². The third-order valence-corrected chi connectivity index (χ3v) is 8.93. The fourth-order valence-electron chi connectivity index (χ4n) is 4.13. The van der Waals surface area contributed by atoms with Crippen molar-refractivity contribution in [3.8, 4) is 11.5 Å². The van der Waals surface area contributed by atoms with E-state index in [9.17, 15) is 13.2 Å². The summed E-state index contributed by atoms with van der Waals surface area (Å²) in [5.41, 5.74) is 0.778. The van der Waals surface area contributed by atoms with Crippen LogP contribution >= 0.6 is 11.3 Å². The van der Waals surface area contributed by atoms with Crippen LogP contribution in [0.25, 0.3) is 10.2 Å². The molecule has 0 bridgehead atoms. The maximum Gasteiger partial charge on any atom is 0.229 e. The summed E-state index contributed by atoms with van der Waals surface area (Å²) in [6.45, 7) is 6.94. The zero-order valence-electron chi connectivity index (χ0n) is 21.2. The molecule has 0 radical (unpaired) electrons. The highest BCUT2D eigenvalue weighted by Gasteiger charge is 2.24. The third-order valence-electron chi connectivity index (χ3n) is 6.15. The number of ether oxygens (including phenoxy) is 3. The molecule has 0 saturated carbocycles. The zero-order chi connectivity index (χ0) is 26.3. The summed E-state index contributed by atoms with van der Waals surface area (Å²) in [5, 5.41) is 0.567. The first-order valence-corrected chi connectivity index (χ1v) is 14.9. The number of hydrogen-bond acceptors (Lipinski definition) is 9. The molecule has 0 atom stereocenters. The molecule has 1 amide bonds. The van der Waals surface area contributed by atoms with Gasteiger partial charge in [0.2, 0.25) is 5.91 Å². The number of hydrogen-bond donors (Lipinski definition) is 0. The first-order valence-electron chi connectivity index (χ1n) is 12.4. The number of methoxy groups -OCH3 is 1. The molecule has 4 rings (SSSR count). The van der Waals surface area contributed by atoms with Crippen molar-refractivity contribution in [1.82, 2.24) is 9.88 Å². The van der Waals surface area contributed by atoms with Crippen molar-refractivity contribution in [1.29, 1.82) is 0 Å². The molecule has 3 aromatic rings. The topological polar surface area (TPSA) is 98.3 Å². The first kappa shape index (κ1) is 27.3. The Morgan fingerprint density at radius 2 is 1.86 bits per heavy atom. The van der Waals surface area contributed by atoms with Gasteiger partial charge in [-0.05, 0) is 55.8 Å². The SMILES string of the molecule is CCOc1ccc2nc(N(CCCN3CCOCC3)C(=O)CCS(=O)(=O)c3ccc(OC)cc3)sc2c1. The number of aromatic nitrogens is 1. The molecule has 0 N–H and O–H groups in total. The van der Waals surface area contributed by atoms with Gasteiger partial charge in [0.25, 0.3) is 0 Å². The average molecular weight is 548 g/mol. The largest absolute Gasteiger partial charge is 0.497 e. The number of carbonyl (C=O) groups is 1. The van der Waals surface area contributed by atoms with Gasteiger partial charge in [-0.3, -0.25) is 14.6 Å². The quantitative estimate of drug-likeness (QED) is 0.339. The highest BCUT2D eigenvalue weighted by Crippen LogP contribution is 2.32. The Morgan fingerprint density at radius 3 is 2.57 bits per heavy atom. The number of rotatable bonds is 12. The van der Waals surface area contributed by atoms with Gasteiger partial charge in [0.1, 0.15) is 11.5 Å². The van der Waals surface area contributed by atoms with Gasteiger partial charge in [0.05, 0.1) is 47.8 Å². The highest BCUT2D eigenvalue weighted by atomic mass is 32.2. The average Bonchev–Trinajstić information content (AvgIpc) is 3.33. The Kier molecular flexibility index (Phi) is 9.36. The van der Waals surface area contributed by atoms with Crippen molar-refractivity contribution >= 4 is 42.4 Å². The van der Waals surface area contributed by atoms with E-state index in [4.69, 9.17) is 19.2 Å². The van der Waals surface area contributed by atoms with Crippen molar-refractivity contribution in [2.75, 3.05) is 63.8 Å². The van der Waals surface area contributed by atoms with Gasteiger partial charge in [0.15, 0.2) is 15.0 Å². The van der Waals surface area contributed by atoms with Crippen LogP contribution < -0.4 is 14.4 Å². The van der Waals surface area contributed by atoms with Gasteiger partial charge in [0, 0.05) is 32.6 Å². The van der Waals surface area contributed by atoms with Crippen LogP contribution in [-0.2, 0) is 19.4 Å². The number of thiazole rings is 1. The molecule has 1 aromatic heterocycles. The van der Waals surface area contributed by atoms with Gasteiger partial charge in [-0.25, -0.2) is 13.4 Å². The van der Waals surface area contributed by atoms with Crippen LogP contribution in [0.2, 0.25) is 0 Å². The molecular formula is C26H33N3O6S2. The summed E-state index contributed by atoms with van der Waals surface area (Å²) in [7, 11) is -2.11. The van der Waals surface area contributed by atoms with Crippen LogP contribution in [0, 0.1) is 0 Å². The Morgan fingerprint density at radius 1 is 1.14 bits per heavy atom. The number of anilines is 1. The van der Waals surface area contributed by atoms with E-state index in [2.05, 4.69) is 4.90 Å². The number of amides is 1. The number of nitrogens with zero attached hydrogens (tertiary/aromatic N) is 3. The van der Waals surface area contributed by atoms with Crippen molar-refractivity contribution < 1.29 is 27.4 Å². The Balaban J connectivity index is 1.49. The Labute approximate surface area is 221 Å². The number of benzene rings is 2. The monoisotopic (exact) mass is 547 g/mol. The van der Waals surface area contributed by atoms with E-state index in [1.807, 2.05) is 25.1 Å². The molecule has 200 valence electrons. The second-order valence-electron chi connectivity index (χ2n) is 8.66. The van der Waals surface area contributed by atoms with E-state index >= 15 is 0 Å².